The average Bonchev–Trinajstić information content (AvgIpc) is 3.57. The highest BCUT2D eigenvalue weighted by Gasteiger charge is 2.33. The number of anilines is 3. The van der Waals surface area contributed by atoms with E-state index in [9.17, 15) is 19.8 Å². The Kier molecular flexibility index (Phi) is 21.1. The van der Waals surface area contributed by atoms with Crippen LogP contribution in [0.3, 0.4) is 0 Å². The number of nitrogens with zero attached hydrogens (tertiary/aromatic N) is 8. The molecule has 4 fully saturated rings. The molecule has 2 aromatic heterocycles. The molecule has 2 amide bonds. The number of fused-ring (bicyclic) bond motifs is 2. The molecule has 0 bridgehead atoms. The zero-order chi connectivity index (χ0) is 57.3. The zero-order valence-corrected chi connectivity index (χ0v) is 48.9. The van der Waals surface area contributed by atoms with E-state index in [1.54, 1.807) is 23.5 Å². The Hall–Kier alpha value is -6.87. The number of piperidine rings is 2. The van der Waals surface area contributed by atoms with Gasteiger partial charge in [-0.1, -0.05) is 121 Å². The number of halogens is 1. The number of hydrogen-bond acceptors (Lipinski definition) is 16. The summed E-state index contributed by atoms with van der Waals surface area (Å²) in [6.07, 6.45) is 3.73. The van der Waals surface area contributed by atoms with Crippen molar-refractivity contribution in [2.45, 2.75) is 71.6 Å². The number of carbonyl (C=O) groups is 2. The molecule has 4 aliphatic heterocycles. The van der Waals surface area contributed by atoms with Crippen molar-refractivity contribution in [2.75, 3.05) is 93.9 Å². The van der Waals surface area contributed by atoms with Crippen molar-refractivity contribution in [1.82, 2.24) is 29.7 Å². The first-order valence-electron chi connectivity index (χ1n) is 28.5. The maximum atomic E-state index is 13.3. The second-order valence-electron chi connectivity index (χ2n) is 20.7. The summed E-state index contributed by atoms with van der Waals surface area (Å²) in [4.78, 5) is 57.5. The molecule has 6 aromatic carbocycles. The molecule has 0 saturated carbocycles. The highest BCUT2D eigenvalue weighted by Crippen LogP contribution is 2.36. The van der Waals surface area contributed by atoms with Crippen LogP contribution in [0, 0.1) is 11.8 Å². The second kappa shape index (κ2) is 29.6. The molecule has 83 heavy (non-hydrogen) atoms. The lowest BCUT2D eigenvalue weighted by molar-refractivity contribution is -0.140. The molecular formula is C64H71ClN10O6S2. The molecule has 4 aliphatic rings. The highest BCUT2D eigenvalue weighted by molar-refractivity contribution is 7.99. The largest absolute Gasteiger partial charge is 0.392 e. The van der Waals surface area contributed by atoms with E-state index < -0.39 is 0 Å². The Balaban J connectivity index is 0.000000155. The minimum Gasteiger partial charge on any atom is -0.392 e. The average molecular weight is 1180 g/mol. The fourth-order valence-electron chi connectivity index (χ4n) is 10.9. The lowest BCUT2D eigenvalue weighted by Gasteiger charge is -2.37. The molecule has 12 rings (SSSR count). The van der Waals surface area contributed by atoms with Gasteiger partial charge in [0, 0.05) is 95.8 Å². The number of nitrogens with two attached hydrogens (primary N) is 1. The van der Waals surface area contributed by atoms with Gasteiger partial charge in [0.25, 0.3) is 0 Å². The molecule has 8 aromatic rings. The molecule has 0 spiro atoms. The first-order valence-corrected chi connectivity index (χ1v) is 30.5. The van der Waals surface area contributed by atoms with Crippen molar-refractivity contribution >= 4 is 86.3 Å². The summed E-state index contributed by atoms with van der Waals surface area (Å²) in [5.74, 6) is 2.68. The number of hydrogen-bond donors (Lipinski definition) is 4. The molecule has 2 unspecified atom stereocenters. The Morgan fingerprint density at radius 1 is 0.530 bits per heavy atom. The molecule has 0 aliphatic carbocycles. The van der Waals surface area contributed by atoms with Crippen LogP contribution >= 0.6 is 35.1 Å². The summed E-state index contributed by atoms with van der Waals surface area (Å²) in [5.41, 5.74) is 11.5. The van der Waals surface area contributed by atoms with Gasteiger partial charge >= 0.3 is 0 Å². The van der Waals surface area contributed by atoms with Gasteiger partial charge in [0.1, 0.15) is 11.6 Å². The van der Waals surface area contributed by atoms with Crippen molar-refractivity contribution in [2.24, 2.45) is 17.6 Å². The predicted octanol–water partition coefficient (Wildman–Crippen LogP) is 10.1. The third-order valence-corrected chi connectivity index (χ3v) is 17.9. The fourth-order valence-corrected chi connectivity index (χ4v) is 13.2. The molecule has 2 atom stereocenters. The van der Waals surface area contributed by atoms with Gasteiger partial charge < -0.3 is 50.3 Å². The van der Waals surface area contributed by atoms with Crippen molar-refractivity contribution in [1.29, 1.82) is 0 Å². The monoisotopic (exact) mass is 1170 g/mol. The summed E-state index contributed by atoms with van der Waals surface area (Å²) in [6.45, 7) is 9.45. The van der Waals surface area contributed by atoms with Gasteiger partial charge in [0.05, 0.1) is 62.5 Å². The minimum atomic E-state index is -0.0438. The van der Waals surface area contributed by atoms with Crippen LogP contribution in [0.25, 0.3) is 21.8 Å². The zero-order valence-electron chi connectivity index (χ0n) is 46.5. The van der Waals surface area contributed by atoms with Crippen LogP contribution in [0.5, 0.6) is 0 Å². The van der Waals surface area contributed by atoms with Crippen LogP contribution in [0.4, 0.5) is 17.6 Å². The van der Waals surface area contributed by atoms with Gasteiger partial charge in [-0.3, -0.25) is 9.59 Å². The van der Waals surface area contributed by atoms with Crippen LogP contribution < -0.4 is 20.9 Å². The van der Waals surface area contributed by atoms with Crippen LogP contribution in [0.1, 0.15) is 47.9 Å². The number of nitrogens with one attached hydrogen (secondary N) is 1. The molecule has 432 valence electrons. The normalized spacial score (nSPS) is 17.3. The summed E-state index contributed by atoms with van der Waals surface area (Å²) >= 11 is 9.43. The number of morpholine rings is 2. The number of aliphatic hydroxyl groups excluding tert-OH is 2. The fraction of sp³-hybridized carbons (Fsp3) is 0.344. The van der Waals surface area contributed by atoms with Gasteiger partial charge in [-0.2, -0.15) is 9.97 Å². The van der Waals surface area contributed by atoms with E-state index in [2.05, 4.69) is 49.4 Å². The lowest BCUT2D eigenvalue weighted by atomic mass is 9.96. The van der Waals surface area contributed by atoms with E-state index in [1.165, 1.54) is 0 Å². The van der Waals surface area contributed by atoms with E-state index >= 15 is 0 Å². The Labute approximate surface area is 498 Å². The molecule has 0 radical (unpaired) electrons. The summed E-state index contributed by atoms with van der Waals surface area (Å²) in [7, 11) is 0. The summed E-state index contributed by atoms with van der Waals surface area (Å²) in [6, 6.07) is 48.1. The maximum Gasteiger partial charge on any atom is 0.227 e. The van der Waals surface area contributed by atoms with E-state index in [0.29, 0.717) is 84.7 Å². The second-order valence-corrected chi connectivity index (χ2v) is 23.2. The first-order chi connectivity index (χ1) is 40.8. The van der Waals surface area contributed by atoms with Crippen molar-refractivity contribution in [3.63, 3.8) is 0 Å². The summed E-state index contributed by atoms with van der Waals surface area (Å²) in [5, 5.41) is 24.8. The number of aromatic nitrogens is 4. The molecule has 5 N–H and O–H groups in total. The quantitative estimate of drug-likeness (QED) is 0.0750. The standard InChI is InChI=1S/C32H35N5O3S.C18H21ClN4O2.C14H15NOS/c38-22-25-9-2-6-14-29(25)41-28-13-5-1-8-23(28)20-33-32-34-27-12-4-3-11-26(27)30(35-32)37-15-7-10-24(21-37)31(39)36-16-18-40-19-17-36;19-18-20-15-6-2-1-5-14(15)16(21-18)23-7-3-4-13(12-23)17(24)22-8-10-25-11-9-22;15-9-11-5-1-3-7-13(11)17-14-8-4-2-6-12(14)10-16/h1-6,8-9,11-14,24,38H,7,10,15-22H2,(H,33,34,35);1-2,5-6,13H,3-4,7-12H2;1-8,16H,9-10,15H2. The van der Waals surface area contributed by atoms with Crippen LogP contribution in [0.2, 0.25) is 5.28 Å². The van der Waals surface area contributed by atoms with Gasteiger partial charge in [0.2, 0.25) is 23.0 Å². The molecule has 16 nitrogen and oxygen atoms in total. The Bertz CT molecular complexity index is 3420. The number of aliphatic hydroxyl groups is 2. The highest BCUT2D eigenvalue weighted by atomic mass is 35.5. The van der Waals surface area contributed by atoms with E-state index in [1.807, 2.05) is 131 Å². The van der Waals surface area contributed by atoms with E-state index in [-0.39, 0.29) is 42.1 Å². The topological polar surface area (TPSA) is 196 Å². The molecule has 6 heterocycles. The first kappa shape index (κ1) is 59.3. The number of ether oxygens (including phenoxy) is 2. The van der Waals surface area contributed by atoms with Gasteiger partial charge in [-0.25, -0.2) is 9.97 Å². The van der Waals surface area contributed by atoms with E-state index in [4.69, 9.17) is 36.8 Å². The minimum absolute atomic E-state index is 0.000599. The van der Waals surface area contributed by atoms with Crippen LogP contribution in [-0.4, -0.2) is 131 Å². The SMILES string of the molecule is NCc1ccccc1Sc1ccccc1CO.O=C(C1CCCN(c2nc(Cl)nc3ccccc23)C1)N1CCOCC1.O=C(C1CCCN(c2nc(NCc3ccccc3Sc3ccccc3CO)nc3ccccc23)C1)N1CCOCC1. The Morgan fingerprint density at radius 2 is 0.940 bits per heavy atom. The Morgan fingerprint density at radius 3 is 1.43 bits per heavy atom. The number of amides is 2. The third kappa shape index (κ3) is 15.3. The van der Waals surface area contributed by atoms with Gasteiger partial charge in [-0.15, -0.1) is 0 Å². The van der Waals surface area contributed by atoms with Crippen molar-refractivity contribution < 1.29 is 29.3 Å². The number of para-hydroxylation sites is 2. The number of carbonyl (C=O) groups excluding carboxylic acids is 2. The third-order valence-electron chi connectivity index (χ3n) is 15.3. The van der Waals surface area contributed by atoms with Crippen LogP contribution in [-0.2, 0) is 45.4 Å². The summed E-state index contributed by atoms with van der Waals surface area (Å²) < 4.78 is 10.8. The molecular weight excluding hydrogens is 1100 g/mol. The number of benzene rings is 6. The van der Waals surface area contributed by atoms with Crippen LogP contribution in [0.15, 0.2) is 165 Å². The van der Waals surface area contributed by atoms with Gasteiger partial charge in [-0.05, 0) is 108 Å². The van der Waals surface area contributed by atoms with Crippen molar-refractivity contribution in [3.8, 4) is 0 Å². The smallest absolute Gasteiger partial charge is 0.227 e. The predicted molar refractivity (Wildman–Crippen MR) is 330 cm³/mol. The lowest BCUT2D eigenvalue weighted by Crippen LogP contribution is -2.48. The van der Waals surface area contributed by atoms with E-state index in [0.717, 1.165) is 114 Å². The van der Waals surface area contributed by atoms with Crippen molar-refractivity contribution in [3.05, 3.63) is 173 Å². The maximum absolute atomic E-state index is 13.3. The number of rotatable bonds is 14. The van der Waals surface area contributed by atoms with Gasteiger partial charge in [0.15, 0.2) is 0 Å². The molecule has 19 heteroatoms. The molecule has 4 saturated heterocycles.